The number of hydrogen-bond donors (Lipinski definition) is 4. The smallest absolute Gasteiger partial charge is 0.115 e. The van der Waals surface area contributed by atoms with Crippen LogP contribution in [0, 0.1) is 11.3 Å². The van der Waals surface area contributed by atoms with E-state index in [0.717, 1.165) is 41.0 Å². The van der Waals surface area contributed by atoms with E-state index >= 15 is 0 Å². The summed E-state index contributed by atoms with van der Waals surface area (Å²) in [6.45, 7) is 21.2. The molecule has 3 rings (SSSR count). The third-order valence-electron chi connectivity index (χ3n) is 6.92. The summed E-state index contributed by atoms with van der Waals surface area (Å²) in [5.41, 5.74) is 7.02. The molecule has 0 amide bonds. The third-order valence-corrected chi connectivity index (χ3v) is 6.92. The normalized spacial score (nSPS) is 14.1. The van der Waals surface area contributed by atoms with Crippen molar-refractivity contribution in [3.63, 3.8) is 0 Å². The molecule has 6 heteroatoms. The van der Waals surface area contributed by atoms with Crippen LogP contribution in [0.15, 0.2) is 127 Å². The number of nitrogens with zero attached hydrogens (tertiary/aromatic N) is 2. The average molecular weight is 592 g/mol. The highest BCUT2D eigenvalue weighted by Gasteiger charge is 2.18. The summed E-state index contributed by atoms with van der Waals surface area (Å²) in [5, 5.41) is 28.7. The zero-order valence-electron chi connectivity index (χ0n) is 27.1. The molecule has 0 fully saturated rings. The number of rotatable bonds is 15. The van der Waals surface area contributed by atoms with Gasteiger partial charge in [-0.25, -0.2) is 0 Å². The van der Waals surface area contributed by atoms with Crippen molar-refractivity contribution in [3.05, 3.63) is 144 Å². The van der Waals surface area contributed by atoms with E-state index in [4.69, 9.17) is 10.4 Å². The standard InChI is InChI=1S/C36H43N5O.C2H6/c1-7-9-10-11-25(3)34(20-26(4)35(37)32-23-39-40-24-32)36(41-27(5)8-2)31-16-12-30(13-17-31)22-38-28(6)21-29-14-18-33(42)19-15-29;1-2/h7-20,23-24,26-28,37-38,42H,2-3,21-22H2,1,4-6H3,(H,39,40);1-2H3/b9-7-,11-10-,34-20-,37-35?,41-36?;. The fourth-order valence-electron chi connectivity index (χ4n) is 4.39. The van der Waals surface area contributed by atoms with E-state index in [-0.39, 0.29) is 23.8 Å². The number of allylic oxidation sites excluding steroid dienone is 7. The molecule has 232 valence electrons. The first kappa shape index (κ1) is 35.6. The number of aliphatic imine (C=N–C) groups is 1. The first-order valence-electron chi connectivity index (χ1n) is 15.3. The van der Waals surface area contributed by atoms with Crippen molar-refractivity contribution in [1.82, 2.24) is 15.5 Å². The van der Waals surface area contributed by atoms with Gasteiger partial charge in [-0.05, 0) is 56.0 Å². The van der Waals surface area contributed by atoms with E-state index in [9.17, 15) is 5.11 Å². The fraction of sp³-hybridized carbons (Fsp3) is 0.289. The predicted molar refractivity (Wildman–Crippen MR) is 188 cm³/mol. The summed E-state index contributed by atoms with van der Waals surface area (Å²) >= 11 is 0. The molecule has 0 saturated heterocycles. The minimum Gasteiger partial charge on any atom is -0.508 e. The van der Waals surface area contributed by atoms with Crippen LogP contribution >= 0.6 is 0 Å². The number of aromatic hydroxyl groups is 1. The van der Waals surface area contributed by atoms with Gasteiger partial charge in [0.15, 0.2) is 0 Å². The first-order chi connectivity index (χ1) is 21.2. The molecular weight excluding hydrogens is 542 g/mol. The zero-order chi connectivity index (χ0) is 32.5. The number of hydrogen-bond acceptors (Lipinski definition) is 5. The molecule has 2 aromatic carbocycles. The van der Waals surface area contributed by atoms with Crippen LogP contribution in [0.1, 0.15) is 63.8 Å². The van der Waals surface area contributed by atoms with Crippen molar-refractivity contribution in [2.24, 2.45) is 10.9 Å². The molecule has 0 radical (unpaired) electrons. The Morgan fingerprint density at radius 3 is 2.27 bits per heavy atom. The highest BCUT2D eigenvalue weighted by molar-refractivity contribution is 6.16. The highest BCUT2D eigenvalue weighted by atomic mass is 16.3. The fourth-order valence-corrected chi connectivity index (χ4v) is 4.39. The molecule has 1 heterocycles. The molecule has 6 nitrogen and oxygen atoms in total. The molecule has 4 N–H and O–H groups in total. The first-order valence-corrected chi connectivity index (χ1v) is 15.3. The minimum absolute atomic E-state index is 0.110. The lowest BCUT2D eigenvalue weighted by molar-refractivity contribution is 0.474. The van der Waals surface area contributed by atoms with Crippen LogP contribution in [0.25, 0.3) is 0 Å². The van der Waals surface area contributed by atoms with Crippen LogP contribution < -0.4 is 5.32 Å². The predicted octanol–water partition coefficient (Wildman–Crippen LogP) is 8.54. The lowest BCUT2D eigenvalue weighted by Crippen LogP contribution is -2.27. The molecule has 44 heavy (non-hydrogen) atoms. The van der Waals surface area contributed by atoms with E-state index in [1.54, 1.807) is 24.5 Å². The minimum atomic E-state index is -0.202. The Kier molecular flexibility index (Phi) is 15.3. The molecule has 3 atom stereocenters. The van der Waals surface area contributed by atoms with E-state index in [2.05, 4.69) is 65.9 Å². The van der Waals surface area contributed by atoms with Gasteiger partial charge in [-0.15, -0.1) is 6.58 Å². The maximum absolute atomic E-state index is 9.53. The molecule has 1 aromatic heterocycles. The van der Waals surface area contributed by atoms with Crippen LogP contribution in [0.5, 0.6) is 5.75 Å². The summed E-state index contributed by atoms with van der Waals surface area (Å²) in [5.74, 6) is 0.0816. The van der Waals surface area contributed by atoms with Crippen LogP contribution in [0.4, 0.5) is 0 Å². The number of phenolic OH excluding ortho intramolecular Hbond substituents is 1. The lowest BCUT2D eigenvalue weighted by Gasteiger charge is -2.18. The monoisotopic (exact) mass is 591 g/mol. The number of nitrogens with one attached hydrogen (secondary N) is 3. The largest absolute Gasteiger partial charge is 0.508 e. The van der Waals surface area contributed by atoms with Crippen molar-refractivity contribution < 1.29 is 5.11 Å². The van der Waals surface area contributed by atoms with Gasteiger partial charge in [0, 0.05) is 47.1 Å². The van der Waals surface area contributed by atoms with Crippen LogP contribution in [0.3, 0.4) is 0 Å². The second-order valence-electron chi connectivity index (χ2n) is 10.5. The van der Waals surface area contributed by atoms with Gasteiger partial charge in [-0.1, -0.05) is 100 Å². The van der Waals surface area contributed by atoms with E-state index in [1.165, 1.54) is 11.1 Å². The van der Waals surface area contributed by atoms with Gasteiger partial charge in [-0.2, -0.15) is 5.10 Å². The molecule has 0 aliphatic carbocycles. The molecule has 0 saturated carbocycles. The summed E-state index contributed by atoms with van der Waals surface area (Å²) in [4.78, 5) is 5.04. The van der Waals surface area contributed by atoms with Gasteiger partial charge in [0.2, 0.25) is 0 Å². The quantitative estimate of drug-likeness (QED) is 0.0810. The van der Waals surface area contributed by atoms with Crippen LogP contribution in [0.2, 0.25) is 0 Å². The second-order valence-corrected chi connectivity index (χ2v) is 10.5. The van der Waals surface area contributed by atoms with Gasteiger partial charge in [0.1, 0.15) is 5.75 Å². The molecule has 3 aromatic rings. The van der Waals surface area contributed by atoms with Crippen LogP contribution in [-0.4, -0.2) is 38.8 Å². The molecule has 3 unspecified atom stereocenters. The Bertz CT molecular complexity index is 1440. The van der Waals surface area contributed by atoms with Crippen molar-refractivity contribution in [3.8, 4) is 5.75 Å². The Morgan fingerprint density at radius 2 is 1.68 bits per heavy atom. The summed E-state index contributed by atoms with van der Waals surface area (Å²) in [6.07, 6.45) is 16.0. The average Bonchev–Trinajstić information content (AvgIpc) is 3.59. The number of aromatic nitrogens is 2. The Morgan fingerprint density at radius 1 is 1.02 bits per heavy atom. The topological polar surface area (TPSA) is 97.2 Å². The Hall–Kier alpha value is -4.55. The van der Waals surface area contributed by atoms with Crippen molar-refractivity contribution >= 4 is 11.4 Å². The van der Waals surface area contributed by atoms with Crippen molar-refractivity contribution in [2.45, 2.75) is 66.6 Å². The number of benzene rings is 2. The van der Waals surface area contributed by atoms with Crippen LogP contribution in [-0.2, 0) is 13.0 Å². The van der Waals surface area contributed by atoms with Crippen molar-refractivity contribution in [2.75, 3.05) is 0 Å². The zero-order valence-corrected chi connectivity index (χ0v) is 27.1. The van der Waals surface area contributed by atoms with E-state index < -0.39 is 0 Å². The number of phenols is 1. The lowest BCUT2D eigenvalue weighted by atomic mass is 9.90. The number of aromatic amines is 1. The highest BCUT2D eigenvalue weighted by Crippen LogP contribution is 2.23. The maximum Gasteiger partial charge on any atom is 0.115 e. The SMILES string of the molecule is C=CC(C)N=C(/C(=C\C(C)C(=N)c1cn[nH]c1)C(=C)/C=C\C=C/C)c1ccc(CNC(C)Cc2ccc(O)cc2)cc1.CC. The number of H-pyrrole nitrogens is 1. The Labute approximate surface area is 264 Å². The molecule has 0 aliphatic rings. The van der Waals surface area contributed by atoms with Gasteiger partial charge in [0.25, 0.3) is 0 Å². The van der Waals surface area contributed by atoms with E-state index in [0.29, 0.717) is 5.71 Å². The Balaban J connectivity index is 0.00000330. The van der Waals surface area contributed by atoms with Gasteiger partial charge in [0.05, 0.1) is 18.0 Å². The molecule has 0 spiro atoms. The molecule has 0 aliphatic heterocycles. The second kappa shape index (κ2) is 18.9. The van der Waals surface area contributed by atoms with Gasteiger partial charge in [-0.3, -0.25) is 10.1 Å². The summed E-state index contributed by atoms with van der Waals surface area (Å²) < 4.78 is 0. The van der Waals surface area contributed by atoms with Gasteiger partial charge < -0.3 is 15.8 Å². The third kappa shape index (κ3) is 11.3. The van der Waals surface area contributed by atoms with E-state index in [1.807, 2.05) is 77.1 Å². The van der Waals surface area contributed by atoms with Crippen molar-refractivity contribution in [1.29, 1.82) is 5.41 Å². The summed E-state index contributed by atoms with van der Waals surface area (Å²) in [6, 6.07) is 16.0. The maximum atomic E-state index is 9.53. The molecule has 0 bridgehead atoms. The van der Waals surface area contributed by atoms with Gasteiger partial charge >= 0.3 is 0 Å². The molecular formula is C38H49N5O. The summed E-state index contributed by atoms with van der Waals surface area (Å²) in [7, 11) is 0.